The van der Waals surface area contributed by atoms with Gasteiger partial charge in [-0.2, -0.15) is 0 Å². The van der Waals surface area contributed by atoms with E-state index >= 15 is 0 Å². The summed E-state index contributed by atoms with van der Waals surface area (Å²) in [5.74, 6) is 0. The molecule has 0 aromatic carbocycles. The number of aliphatic hydroxyl groups is 1. The molecule has 0 atom stereocenters. The van der Waals surface area contributed by atoms with E-state index in [1.54, 1.807) is 0 Å². The Balaban J connectivity index is 1.41. The van der Waals surface area contributed by atoms with Gasteiger partial charge in [0.2, 0.25) is 0 Å². The van der Waals surface area contributed by atoms with E-state index in [1.807, 2.05) is 35.0 Å². The normalized spacial score (nSPS) is 16.4. The van der Waals surface area contributed by atoms with Gasteiger partial charge < -0.3 is 20.1 Å². The molecule has 6 nitrogen and oxygen atoms in total. The van der Waals surface area contributed by atoms with E-state index in [4.69, 9.17) is 0 Å². The van der Waals surface area contributed by atoms with E-state index in [2.05, 4.69) is 15.6 Å². The van der Waals surface area contributed by atoms with Crippen molar-refractivity contribution in [3.63, 3.8) is 0 Å². The van der Waals surface area contributed by atoms with Gasteiger partial charge in [-0.05, 0) is 31.4 Å². The summed E-state index contributed by atoms with van der Waals surface area (Å²) < 4.78 is 1.96. The first-order valence-corrected chi connectivity index (χ1v) is 7.31. The Kier molecular flexibility index (Phi) is 3.79. The van der Waals surface area contributed by atoms with Gasteiger partial charge in [-0.1, -0.05) is 6.07 Å². The standard InChI is InChI=1S/C15H20N4O2/c20-14(17-11-15(21)6-3-7-15)16-8-5-12-10-19-9-2-1-4-13(19)18-12/h1-2,4,9-10,21H,3,5-8,11H2,(H2,16,17,20). The lowest BCUT2D eigenvalue weighted by atomic mass is 9.80. The number of aromatic nitrogens is 2. The van der Waals surface area contributed by atoms with Crippen molar-refractivity contribution in [3.05, 3.63) is 36.3 Å². The van der Waals surface area contributed by atoms with Gasteiger partial charge in [0, 0.05) is 31.9 Å². The zero-order valence-electron chi connectivity index (χ0n) is 11.9. The number of hydrogen-bond acceptors (Lipinski definition) is 3. The van der Waals surface area contributed by atoms with Gasteiger partial charge in [0.25, 0.3) is 0 Å². The fraction of sp³-hybridized carbons (Fsp3) is 0.467. The van der Waals surface area contributed by atoms with Crippen molar-refractivity contribution in [2.45, 2.75) is 31.3 Å². The third-order valence-electron chi connectivity index (χ3n) is 3.94. The monoisotopic (exact) mass is 288 g/mol. The van der Waals surface area contributed by atoms with Crippen LogP contribution in [-0.4, -0.2) is 39.2 Å². The zero-order valence-corrected chi connectivity index (χ0v) is 11.9. The van der Waals surface area contributed by atoms with Crippen molar-refractivity contribution >= 4 is 11.7 Å². The van der Waals surface area contributed by atoms with Crippen LogP contribution in [0.3, 0.4) is 0 Å². The molecule has 0 unspecified atom stereocenters. The van der Waals surface area contributed by atoms with Crippen LogP contribution in [0.1, 0.15) is 25.0 Å². The number of nitrogens with one attached hydrogen (secondary N) is 2. The number of pyridine rings is 1. The lowest BCUT2D eigenvalue weighted by Crippen LogP contribution is -2.50. The summed E-state index contributed by atoms with van der Waals surface area (Å²) in [6, 6.07) is 5.61. The smallest absolute Gasteiger partial charge is 0.314 e. The maximum atomic E-state index is 11.6. The molecule has 2 aromatic heterocycles. The number of fused-ring (bicyclic) bond motifs is 1. The zero-order chi connectivity index (χ0) is 14.7. The molecule has 0 radical (unpaired) electrons. The molecule has 3 rings (SSSR count). The van der Waals surface area contributed by atoms with E-state index < -0.39 is 5.60 Å². The third-order valence-corrected chi connectivity index (χ3v) is 3.94. The van der Waals surface area contributed by atoms with Crippen molar-refractivity contribution in [1.29, 1.82) is 0 Å². The maximum absolute atomic E-state index is 11.6. The number of amides is 2. The Bertz CT molecular complexity index is 600. The molecule has 1 saturated carbocycles. The molecule has 0 bridgehead atoms. The maximum Gasteiger partial charge on any atom is 0.314 e. The Labute approximate surface area is 123 Å². The van der Waals surface area contributed by atoms with Gasteiger partial charge in [0.1, 0.15) is 5.65 Å². The molecule has 1 aliphatic carbocycles. The van der Waals surface area contributed by atoms with E-state index in [0.29, 0.717) is 19.5 Å². The van der Waals surface area contributed by atoms with Gasteiger partial charge in [-0.3, -0.25) is 0 Å². The highest BCUT2D eigenvalue weighted by molar-refractivity contribution is 5.73. The van der Waals surface area contributed by atoms with Crippen LogP contribution in [0.4, 0.5) is 4.79 Å². The second-order valence-corrected chi connectivity index (χ2v) is 5.64. The van der Waals surface area contributed by atoms with Gasteiger partial charge >= 0.3 is 6.03 Å². The molecular formula is C15H20N4O2. The van der Waals surface area contributed by atoms with E-state index in [1.165, 1.54) is 0 Å². The van der Waals surface area contributed by atoms with Gasteiger partial charge in [-0.25, -0.2) is 9.78 Å². The molecule has 2 heterocycles. The summed E-state index contributed by atoms with van der Waals surface area (Å²) in [6.07, 6.45) is 7.17. The summed E-state index contributed by atoms with van der Waals surface area (Å²) in [5.41, 5.74) is 1.17. The SMILES string of the molecule is O=C(NCCc1cn2ccccc2n1)NCC1(O)CCC1. The van der Waals surface area contributed by atoms with Crippen LogP contribution in [0.25, 0.3) is 5.65 Å². The lowest BCUT2D eigenvalue weighted by molar-refractivity contribution is -0.0290. The number of imidazole rings is 1. The van der Waals surface area contributed by atoms with Crippen LogP contribution < -0.4 is 10.6 Å². The number of carbonyl (C=O) groups excluding carboxylic acids is 1. The van der Waals surface area contributed by atoms with E-state index in [9.17, 15) is 9.90 Å². The largest absolute Gasteiger partial charge is 0.388 e. The number of hydrogen-bond donors (Lipinski definition) is 3. The first kappa shape index (κ1) is 13.9. The summed E-state index contributed by atoms with van der Waals surface area (Å²) in [4.78, 5) is 16.1. The van der Waals surface area contributed by atoms with Crippen LogP contribution in [-0.2, 0) is 6.42 Å². The number of urea groups is 1. The molecule has 21 heavy (non-hydrogen) atoms. The molecule has 6 heteroatoms. The van der Waals surface area contributed by atoms with E-state index in [0.717, 1.165) is 30.6 Å². The van der Waals surface area contributed by atoms with E-state index in [-0.39, 0.29) is 6.03 Å². The molecular weight excluding hydrogens is 268 g/mol. The van der Waals surface area contributed by atoms with Gasteiger partial charge in [-0.15, -0.1) is 0 Å². The highest BCUT2D eigenvalue weighted by atomic mass is 16.3. The van der Waals surface area contributed by atoms with Crippen molar-refractivity contribution in [2.75, 3.05) is 13.1 Å². The minimum atomic E-state index is -0.682. The Morgan fingerprint density at radius 2 is 2.24 bits per heavy atom. The first-order valence-electron chi connectivity index (χ1n) is 7.31. The van der Waals surface area contributed by atoms with Crippen molar-refractivity contribution < 1.29 is 9.90 Å². The minimum Gasteiger partial charge on any atom is -0.388 e. The fourth-order valence-corrected chi connectivity index (χ4v) is 2.48. The van der Waals surface area contributed by atoms with Crippen molar-refractivity contribution in [2.24, 2.45) is 0 Å². The van der Waals surface area contributed by atoms with Gasteiger partial charge in [0.05, 0.1) is 11.3 Å². The molecule has 1 fully saturated rings. The summed E-state index contributed by atoms with van der Waals surface area (Å²) in [7, 11) is 0. The minimum absolute atomic E-state index is 0.237. The first-order chi connectivity index (χ1) is 10.1. The summed E-state index contributed by atoms with van der Waals surface area (Å²) >= 11 is 0. The summed E-state index contributed by atoms with van der Waals surface area (Å²) in [5, 5.41) is 15.4. The Morgan fingerprint density at radius 3 is 2.95 bits per heavy atom. The molecule has 2 amide bonds. The Morgan fingerprint density at radius 1 is 1.38 bits per heavy atom. The van der Waals surface area contributed by atoms with Crippen molar-refractivity contribution in [3.8, 4) is 0 Å². The number of nitrogens with zero attached hydrogens (tertiary/aromatic N) is 2. The highest BCUT2D eigenvalue weighted by Gasteiger charge is 2.34. The predicted octanol–water partition coefficient (Wildman–Crippen LogP) is 1.09. The molecule has 112 valence electrons. The highest BCUT2D eigenvalue weighted by Crippen LogP contribution is 2.30. The summed E-state index contributed by atoms with van der Waals surface area (Å²) in [6.45, 7) is 0.849. The van der Waals surface area contributed by atoms with Crippen molar-refractivity contribution in [1.82, 2.24) is 20.0 Å². The molecule has 0 spiro atoms. The van der Waals surface area contributed by atoms with Crippen LogP contribution in [0.15, 0.2) is 30.6 Å². The number of rotatable bonds is 5. The fourth-order valence-electron chi connectivity index (χ4n) is 2.48. The Hall–Kier alpha value is -2.08. The van der Waals surface area contributed by atoms with Crippen LogP contribution in [0, 0.1) is 0 Å². The lowest BCUT2D eigenvalue weighted by Gasteiger charge is -2.36. The average Bonchev–Trinajstić information content (AvgIpc) is 2.85. The third kappa shape index (κ3) is 3.33. The molecule has 0 saturated heterocycles. The topological polar surface area (TPSA) is 78.7 Å². The quantitative estimate of drug-likeness (QED) is 0.770. The predicted molar refractivity (Wildman–Crippen MR) is 79.1 cm³/mol. The van der Waals surface area contributed by atoms with Crippen LogP contribution >= 0.6 is 0 Å². The second-order valence-electron chi connectivity index (χ2n) is 5.64. The van der Waals surface area contributed by atoms with Crippen LogP contribution in [0.5, 0.6) is 0 Å². The molecule has 3 N–H and O–H groups in total. The average molecular weight is 288 g/mol. The molecule has 0 aliphatic heterocycles. The molecule has 1 aliphatic rings. The number of carbonyl (C=O) groups is 1. The van der Waals surface area contributed by atoms with Crippen LogP contribution in [0.2, 0.25) is 0 Å². The van der Waals surface area contributed by atoms with Gasteiger partial charge in [0.15, 0.2) is 0 Å². The second kappa shape index (κ2) is 5.73. The molecule has 2 aromatic rings.